The third-order valence-corrected chi connectivity index (χ3v) is 5.18. The number of carbonyl (C=O) groups is 1. The van der Waals surface area contributed by atoms with Crippen molar-refractivity contribution < 1.29 is 13.2 Å². The Balaban J connectivity index is 2.00. The predicted octanol–water partition coefficient (Wildman–Crippen LogP) is 3.80. The summed E-state index contributed by atoms with van der Waals surface area (Å²) in [4.78, 5) is 12.0. The van der Waals surface area contributed by atoms with Gasteiger partial charge in [0.15, 0.2) is 9.84 Å². The number of amides is 1. The topological polar surface area (TPSA) is 63.2 Å². The van der Waals surface area contributed by atoms with Crippen LogP contribution in [0.3, 0.4) is 0 Å². The fourth-order valence-corrected chi connectivity index (χ4v) is 3.50. The van der Waals surface area contributed by atoms with Gasteiger partial charge in [-0.15, -0.1) is 0 Å². The van der Waals surface area contributed by atoms with Gasteiger partial charge in [0, 0.05) is 11.4 Å². The van der Waals surface area contributed by atoms with Crippen molar-refractivity contribution in [1.29, 1.82) is 0 Å². The lowest BCUT2D eigenvalue weighted by atomic mass is 10.3. The smallest absolute Gasteiger partial charge is 0.225 e. The molecule has 4 nitrogen and oxygen atoms in total. The van der Waals surface area contributed by atoms with E-state index in [2.05, 4.69) is 5.32 Å². The van der Waals surface area contributed by atoms with Crippen LogP contribution < -0.4 is 5.32 Å². The molecule has 0 radical (unpaired) electrons. The number of rotatable bonds is 5. The van der Waals surface area contributed by atoms with Crippen LogP contribution in [0.25, 0.3) is 0 Å². The predicted molar refractivity (Wildman–Crippen MR) is 88.2 cm³/mol. The minimum atomic E-state index is -3.56. The van der Waals surface area contributed by atoms with E-state index < -0.39 is 15.7 Å². The van der Waals surface area contributed by atoms with Crippen molar-refractivity contribution in [3.8, 4) is 0 Å². The van der Waals surface area contributed by atoms with E-state index in [-0.39, 0.29) is 17.1 Å². The van der Waals surface area contributed by atoms with Gasteiger partial charge in [0.05, 0.1) is 21.4 Å². The molecule has 0 unspecified atom stereocenters. The van der Waals surface area contributed by atoms with Crippen molar-refractivity contribution in [3.63, 3.8) is 0 Å². The fourth-order valence-electron chi connectivity index (χ4n) is 1.78. The van der Waals surface area contributed by atoms with Gasteiger partial charge in [0.1, 0.15) is 0 Å². The van der Waals surface area contributed by atoms with Gasteiger partial charge in [-0.2, -0.15) is 0 Å². The average Bonchev–Trinajstić information content (AvgIpc) is 2.48. The number of hydrogen-bond acceptors (Lipinski definition) is 3. The molecule has 0 saturated carbocycles. The van der Waals surface area contributed by atoms with Gasteiger partial charge in [0.2, 0.25) is 5.91 Å². The second kappa shape index (κ2) is 7.13. The van der Waals surface area contributed by atoms with Crippen molar-refractivity contribution in [3.05, 3.63) is 58.6 Å². The molecular formula is C15H13Cl2NO3S. The molecule has 0 saturated heterocycles. The number of carbonyl (C=O) groups excluding carboxylic acids is 1. The summed E-state index contributed by atoms with van der Waals surface area (Å²) in [6, 6.07) is 12.7. The first-order valence-electron chi connectivity index (χ1n) is 6.41. The maximum absolute atomic E-state index is 12.1. The molecule has 0 aliphatic rings. The summed E-state index contributed by atoms with van der Waals surface area (Å²) in [5.41, 5.74) is 0.453. The summed E-state index contributed by atoms with van der Waals surface area (Å²) in [6.07, 6.45) is -0.167. The normalized spacial score (nSPS) is 11.2. The number of hydrogen-bond donors (Lipinski definition) is 1. The third kappa shape index (κ3) is 4.47. The zero-order valence-electron chi connectivity index (χ0n) is 11.4. The quantitative estimate of drug-likeness (QED) is 0.884. The highest BCUT2D eigenvalue weighted by atomic mass is 35.5. The number of nitrogens with one attached hydrogen (secondary N) is 1. The van der Waals surface area contributed by atoms with E-state index in [9.17, 15) is 13.2 Å². The Kier molecular flexibility index (Phi) is 5.45. The van der Waals surface area contributed by atoms with Gasteiger partial charge >= 0.3 is 0 Å². The van der Waals surface area contributed by atoms with Crippen molar-refractivity contribution in [2.45, 2.75) is 11.3 Å². The molecule has 0 aromatic heterocycles. The lowest BCUT2D eigenvalue weighted by Crippen LogP contribution is -2.17. The summed E-state index contributed by atoms with van der Waals surface area (Å²) in [5, 5.41) is 3.32. The molecule has 1 N–H and O–H groups in total. The number of anilines is 1. The van der Waals surface area contributed by atoms with Gasteiger partial charge in [-0.25, -0.2) is 8.42 Å². The monoisotopic (exact) mass is 357 g/mol. The van der Waals surface area contributed by atoms with Crippen molar-refractivity contribution >= 4 is 44.6 Å². The summed E-state index contributed by atoms with van der Waals surface area (Å²) in [5.74, 6) is -0.720. The standard InChI is InChI=1S/C15H13Cl2NO3S/c16-11-4-3-5-12(10-11)22(20,21)9-8-15(19)18-14-7-2-1-6-13(14)17/h1-7,10H,8-9H2,(H,18,19). The molecule has 116 valence electrons. The molecule has 7 heteroatoms. The highest BCUT2D eigenvalue weighted by Gasteiger charge is 2.17. The molecule has 0 atom stereocenters. The third-order valence-electron chi connectivity index (χ3n) is 2.90. The molecule has 0 fully saturated rings. The molecule has 2 aromatic carbocycles. The Labute approximate surface area is 139 Å². The van der Waals surface area contributed by atoms with E-state index in [1.165, 1.54) is 12.1 Å². The van der Waals surface area contributed by atoms with E-state index in [0.717, 1.165) is 0 Å². The van der Waals surface area contributed by atoms with Gasteiger partial charge in [-0.1, -0.05) is 41.4 Å². The van der Waals surface area contributed by atoms with Gasteiger partial charge < -0.3 is 5.32 Å². The van der Waals surface area contributed by atoms with Crippen LogP contribution in [0.15, 0.2) is 53.4 Å². The maximum atomic E-state index is 12.1. The van der Waals surface area contributed by atoms with Crippen molar-refractivity contribution in [2.24, 2.45) is 0 Å². The van der Waals surface area contributed by atoms with E-state index in [0.29, 0.717) is 15.7 Å². The molecular weight excluding hydrogens is 345 g/mol. The lowest BCUT2D eigenvalue weighted by molar-refractivity contribution is -0.115. The largest absolute Gasteiger partial charge is 0.325 e. The summed E-state index contributed by atoms with van der Waals surface area (Å²) >= 11 is 11.7. The van der Waals surface area contributed by atoms with E-state index >= 15 is 0 Å². The molecule has 0 spiro atoms. The number of halogens is 2. The molecule has 1 amide bonds. The number of sulfone groups is 1. The lowest BCUT2D eigenvalue weighted by Gasteiger charge is -2.08. The number of para-hydroxylation sites is 1. The van der Waals surface area contributed by atoms with Crippen LogP contribution in [-0.4, -0.2) is 20.1 Å². The van der Waals surface area contributed by atoms with E-state index in [4.69, 9.17) is 23.2 Å². The Morgan fingerprint density at radius 3 is 2.45 bits per heavy atom. The summed E-state index contributed by atoms with van der Waals surface area (Å²) in [6.45, 7) is 0. The first-order chi connectivity index (χ1) is 10.4. The van der Waals surface area contributed by atoms with Crippen molar-refractivity contribution in [2.75, 3.05) is 11.1 Å². The van der Waals surface area contributed by atoms with E-state index in [1.54, 1.807) is 36.4 Å². The molecule has 0 aliphatic heterocycles. The van der Waals surface area contributed by atoms with Crippen LogP contribution in [0, 0.1) is 0 Å². The second-order valence-electron chi connectivity index (χ2n) is 4.55. The molecule has 0 aliphatic carbocycles. The Bertz CT molecular complexity index is 791. The minimum Gasteiger partial charge on any atom is -0.325 e. The van der Waals surface area contributed by atoms with Crippen LogP contribution in [0.2, 0.25) is 10.0 Å². The van der Waals surface area contributed by atoms with Gasteiger partial charge in [-0.05, 0) is 30.3 Å². The highest BCUT2D eigenvalue weighted by molar-refractivity contribution is 7.91. The zero-order valence-corrected chi connectivity index (χ0v) is 13.8. The average molecular weight is 358 g/mol. The molecule has 2 aromatic rings. The Morgan fingerprint density at radius 1 is 1.05 bits per heavy atom. The second-order valence-corrected chi connectivity index (χ2v) is 7.51. The van der Waals surface area contributed by atoms with Gasteiger partial charge in [0.25, 0.3) is 0 Å². The number of benzene rings is 2. The van der Waals surface area contributed by atoms with E-state index in [1.807, 2.05) is 0 Å². The Morgan fingerprint density at radius 2 is 1.77 bits per heavy atom. The fraction of sp³-hybridized carbons (Fsp3) is 0.133. The summed E-state index contributed by atoms with van der Waals surface area (Å²) < 4.78 is 24.3. The summed E-state index contributed by atoms with van der Waals surface area (Å²) in [7, 11) is -3.56. The minimum absolute atomic E-state index is 0.102. The van der Waals surface area contributed by atoms with Crippen LogP contribution in [0.4, 0.5) is 5.69 Å². The van der Waals surface area contributed by atoms with Gasteiger partial charge in [-0.3, -0.25) is 4.79 Å². The van der Waals surface area contributed by atoms with Crippen molar-refractivity contribution in [1.82, 2.24) is 0 Å². The van der Waals surface area contributed by atoms with Crippen LogP contribution >= 0.6 is 23.2 Å². The first kappa shape index (κ1) is 16.8. The van der Waals surface area contributed by atoms with Crippen LogP contribution in [0.5, 0.6) is 0 Å². The molecule has 2 rings (SSSR count). The van der Waals surface area contributed by atoms with Crippen LogP contribution in [-0.2, 0) is 14.6 Å². The first-order valence-corrected chi connectivity index (χ1v) is 8.82. The molecule has 0 heterocycles. The SMILES string of the molecule is O=C(CCS(=O)(=O)c1cccc(Cl)c1)Nc1ccccc1Cl. The molecule has 22 heavy (non-hydrogen) atoms. The Hall–Kier alpha value is -1.56. The van der Waals surface area contributed by atoms with Crippen LogP contribution in [0.1, 0.15) is 6.42 Å². The zero-order chi connectivity index (χ0) is 16.2. The molecule has 0 bridgehead atoms. The maximum Gasteiger partial charge on any atom is 0.225 e. The highest BCUT2D eigenvalue weighted by Crippen LogP contribution is 2.21.